The standard InChI is InChI=1S/C30H34F4N6O2.C29H32F4N6O2.C28H31F4N7O2/c1-18-11-24(30(32,33)34)23(15-35-18)29(41)37-26-12-22(21-5-6-28(36-14-21)39-7-9-42-10-8-39)25(31)13-27(26)40-16-19(2)38(4)20(3)17-40;1-19-13-24(29(31,32)33)23(17-34-19)28(40)36-26-14-22(25(30)15-27(26)39-7-5-37(2)6-8-39)20-3-4-21(35-16-20)18-38-9-11-41-12-10-38;1-17-10-22(28(30,31)32)21(15-33-17)26(40)36-24-11-20(18-13-34-27(35-14-18)38-6-8-41-9-7-38)23(29)12-25(24)39-5-4-19(16-39)37(2)3/h5-6,11-15,19-20,35H,1,7-10,16-17H2,2-4H3,(H,37,41);3-4,13-17,34H,1,5-12,18H2,2H3,(H,36,40);10-15,19,33H,1,4-9,16H2,2-3H3,(H,36,40)/t19-,20+;;19-/m..1/s1. The molecule has 6 fully saturated rings. The normalized spacial score (nSPS) is 20.2. The summed E-state index contributed by atoms with van der Waals surface area (Å²) in [5, 5.41) is 15.6. The Hall–Kier alpha value is -11.6. The van der Waals surface area contributed by atoms with Crippen molar-refractivity contribution in [1.82, 2.24) is 55.5 Å². The molecular formula is C87H97F12N19O6. The summed E-state index contributed by atoms with van der Waals surface area (Å²) in [6.07, 6.45) is -2.12. The number of carbonyl (C=O) groups excluding carboxylic acids is 3. The van der Waals surface area contributed by atoms with E-state index in [-0.39, 0.29) is 69.0 Å². The lowest BCUT2D eigenvalue weighted by atomic mass is 10.0. The molecule has 9 aliphatic rings. The van der Waals surface area contributed by atoms with Crippen molar-refractivity contribution in [1.29, 1.82) is 0 Å². The molecule has 0 unspecified atom stereocenters. The Morgan fingerprint density at radius 3 is 1.27 bits per heavy atom. The second-order valence-electron chi connectivity index (χ2n) is 31.5. The van der Waals surface area contributed by atoms with Crippen LogP contribution < -0.4 is 56.4 Å². The van der Waals surface area contributed by atoms with E-state index in [2.05, 4.69) is 96.1 Å². The number of anilines is 8. The SMILES string of the molecule is C=C1C=C(C(F)(F)F)C(C(=O)Nc2cc(-c3ccc(CN4CCOCC4)nc3)c(F)cc2N2CCN(C)CC2)=CN1.C=C1C=C(C(F)(F)F)C(C(=O)Nc2cc(-c3ccc(N4CCOCC4)nc3)c(F)cc2N2C[C@@H](C)N(C)[C@@H](C)C2)=CN1.C=C1C=C(C(F)(F)F)C(C(=O)Nc2cc(-c3cnc(N4CCOCC4)nc3)c(F)cc2N2CC[C@@H](N(C)C)C2)=CN1. The summed E-state index contributed by atoms with van der Waals surface area (Å²) in [6, 6.07) is 15.9. The van der Waals surface area contributed by atoms with Crippen molar-refractivity contribution in [2.75, 3.05) is 200 Å². The molecule has 660 valence electrons. The molecular weight excluding hydrogens is 1640 g/mol. The number of hydrogen-bond acceptors (Lipinski definition) is 22. The van der Waals surface area contributed by atoms with Gasteiger partial charge in [0.05, 0.1) is 113 Å². The van der Waals surface area contributed by atoms with E-state index in [0.717, 1.165) is 67.9 Å². The number of ether oxygens (including phenoxy) is 3. The minimum atomic E-state index is -4.78. The van der Waals surface area contributed by atoms with Crippen molar-refractivity contribution in [2.24, 2.45) is 0 Å². The van der Waals surface area contributed by atoms with Gasteiger partial charge < -0.3 is 80.4 Å². The van der Waals surface area contributed by atoms with Gasteiger partial charge in [0.2, 0.25) is 5.95 Å². The Balaban J connectivity index is 0.000000160. The number of halogens is 12. The number of pyridine rings is 2. The molecule has 3 aromatic carbocycles. The zero-order chi connectivity index (χ0) is 88.6. The van der Waals surface area contributed by atoms with Crippen LogP contribution >= 0.6 is 0 Å². The van der Waals surface area contributed by atoms with E-state index >= 15 is 13.2 Å². The van der Waals surface area contributed by atoms with Crippen molar-refractivity contribution >= 4 is 63.6 Å². The van der Waals surface area contributed by atoms with Gasteiger partial charge in [-0.25, -0.2) is 28.1 Å². The lowest BCUT2D eigenvalue weighted by molar-refractivity contribution is -0.115. The van der Waals surface area contributed by atoms with E-state index in [1.165, 1.54) is 48.8 Å². The van der Waals surface area contributed by atoms with E-state index < -0.39 is 87.1 Å². The zero-order valence-corrected chi connectivity index (χ0v) is 69.3. The van der Waals surface area contributed by atoms with Gasteiger partial charge in [-0.2, -0.15) is 39.5 Å². The second kappa shape index (κ2) is 38.7. The fourth-order valence-corrected chi connectivity index (χ4v) is 15.5. The number of rotatable bonds is 17. The number of aromatic nitrogens is 4. The van der Waals surface area contributed by atoms with Gasteiger partial charge in [-0.3, -0.25) is 29.2 Å². The van der Waals surface area contributed by atoms with Gasteiger partial charge in [-0.1, -0.05) is 25.8 Å². The van der Waals surface area contributed by atoms with Gasteiger partial charge >= 0.3 is 18.5 Å². The molecule has 15 rings (SSSR count). The third-order valence-electron chi connectivity index (χ3n) is 22.7. The van der Waals surface area contributed by atoms with Crippen LogP contribution in [0.15, 0.2) is 193 Å². The van der Waals surface area contributed by atoms with Crippen LogP contribution in [0.2, 0.25) is 0 Å². The molecule has 25 nitrogen and oxygen atoms in total. The summed E-state index contributed by atoms with van der Waals surface area (Å²) in [5.74, 6) is -3.35. The lowest BCUT2D eigenvalue weighted by Gasteiger charge is -2.44. The molecule has 0 spiro atoms. The lowest BCUT2D eigenvalue weighted by Crippen LogP contribution is -2.55. The summed E-state index contributed by atoms with van der Waals surface area (Å²) >= 11 is 0. The monoisotopic (exact) mass is 1730 g/mol. The van der Waals surface area contributed by atoms with Gasteiger partial charge in [0.25, 0.3) is 17.7 Å². The van der Waals surface area contributed by atoms with Crippen LogP contribution in [-0.2, 0) is 35.1 Å². The predicted molar refractivity (Wildman–Crippen MR) is 451 cm³/mol. The fourth-order valence-electron chi connectivity index (χ4n) is 15.5. The van der Waals surface area contributed by atoms with Crippen molar-refractivity contribution in [3.05, 3.63) is 216 Å². The highest BCUT2D eigenvalue weighted by Crippen LogP contribution is 2.44. The molecule has 37 heteroatoms. The minimum Gasteiger partial charge on any atom is -0.379 e. The third-order valence-corrected chi connectivity index (χ3v) is 22.7. The highest BCUT2D eigenvalue weighted by atomic mass is 19.4. The Morgan fingerprint density at radius 1 is 0.468 bits per heavy atom. The molecule has 0 bridgehead atoms. The smallest absolute Gasteiger partial charge is 0.379 e. The van der Waals surface area contributed by atoms with Crippen LogP contribution in [0.1, 0.15) is 26.0 Å². The van der Waals surface area contributed by atoms with Crippen LogP contribution in [0.3, 0.4) is 0 Å². The molecule has 0 radical (unpaired) electrons. The van der Waals surface area contributed by atoms with Gasteiger partial charge in [-0.05, 0) is 121 Å². The number of dihydropyridines is 3. The van der Waals surface area contributed by atoms with Crippen LogP contribution in [0, 0.1) is 17.5 Å². The summed E-state index contributed by atoms with van der Waals surface area (Å²) in [6.45, 7) is 27.9. The van der Waals surface area contributed by atoms with Gasteiger partial charge in [0.1, 0.15) is 23.3 Å². The van der Waals surface area contributed by atoms with Gasteiger partial charge in [0.15, 0.2) is 0 Å². The van der Waals surface area contributed by atoms with Gasteiger partial charge in [-0.15, -0.1) is 0 Å². The molecule has 6 saturated heterocycles. The summed E-state index contributed by atoms with van der Waals surface area (Å²) in [5.41, 5.74) is -0.758. The second-order valence-corrected chi connectivity index (χ2v) is 31.5. The zero-order valence-electron chi connectivity index (χ0n) is 69.3. The number of likely N-dealkylation sites (N-methyl/N-ethyl adjacent to an activating group) is 3. The Bertz CT molecular complexity index is 5150. The van der Waals surface area contributed by atoms with E-state index in [1.807, 2.05) is 67.7 Å². The maximum Gasteiger partial charge on any atom is 0.417 e. The fraction of sp³-hybridized carbons (Fsp3) is 0.391. The topological polar surface area (TPSA) is 232 Å². The first kappa shape index (κ1) is 90.1. The number of benzene rings is 3. The average Bonchev–Trinajstić information content (AvgIpc) is 1.74. The van der Waals surface area contributed by atoms with Crippen LogP contribution in [-0.4, -0.2) is 253 Å². The number of alkyl halides is 9. The maximum atomic E-state index is 15.8. The van der Waals surface area contributed by atoms with Crippen molar-refractivity contribution < 1.29 is 81.3 Å². The van der Waals surface area contributed by atoms with Crippen molar-refractivity contribution in [2.45, 2.75) is 63.5 Å². The molecule has 3 aromatic heterocycles. The molecule has 3 atom stereocenters. The average molecular weight is 1730 g/mol. The number of amides is 3. The Labute approximate surface area is 709 Å². The van der Waals surface area contributed by atoms with E-state index in [4.69, 9.17) is 14.2 Å². The first-order valence-corrected chi connectivity index (χ1v) is 40.3. The molecule has 6 aromatic rings. The molecule has 124 heavy (non-hydrogen) atoms. The van der Waals surface area contributed by atoms with E-state index in [1.54, 1.807) is 30.6 Å². The van der Waals surface area contributed by atoms with Crippen LogP contribution in [0.4, 0.5) is 98.6 Å². The Kier molecular flexibility index (Phi) is 28.1. The summed E-state index contributed by atoms with van der Waals surface area (Å²) in [7, 11) is 7.87. The minimum absolute atomic E-state index is 0.00551. The van der Waals surface area contributed by atoms with E-state index in [0.29, 0.717) is 164 Å². The van der Waals surface area contributed by atoms with Crippen LogP contribution in [0.5, 0.6) is 0 Å². The largest absolute Gasteiger partial charge is 0.417 e. The predicted octanol–water partition coefficient (Wildman–Crippen LogP) is 12.3. The highest BCUT2D eigenvalue weighted by Gasteiger charge is 2.44. The quantitative estimate of drug-likeness (QED) is 0.0466. The number of nitrogens with zero attached hydrogens (tertiary/aromatic N) is 13. The number of morpholine rings is 3. The number of hydrogen-bond donors (Lipinski definition) is 6. The first-order valence-electron chi connectivity index (χ1n) is 40.3. The van der Waals surface area contributed by atoms with Crippen molar-refractivity contribution in [3.63, 3.8) is 0 Å². The summed E-state index contributed by atoms with van der Waals surface area (Å²) < 4.78 is 187. The molecule has 3 amide bonds. The molecule has 12 heterocycles. The maximum absolute atomic E-state index is 15.8. The number of nitrogens with one attached hydrogen (secondary N) is 6. The first-order chi connectivity index (χ1) is 59.0. The molecule has 6 N–H and O–H groups in total. The third kappa shape index (κ3) is 21.8. The number of carbonyl (C=O) groups is 3. The molecule has 0 saturated carbocycles. The molecule has 9 aliphatic heterocycles. The summed E-state index contributed by atoms with van der Waals surface area (Å²) in [4.78, 5) is 76.1. The number of allylic oxidation sites excluding steroid dienone is 3. The number of piperazine rings is 2. The van der Waals surface area contributed by atoms with Crippen molar-refractivity contribution in [3.8, 4) is 33.4 Å². The highest BCUT2D eigenvalue weighted by molar-refractivity contribution is 6.11. The Morgan fingerprint density at radius 2 is 0.863 bits per heavy atom. The van der Waals surface area contributed by atoms with Gasteiger partial charge in [0, 0.05) is 210 Å². The van der Waals surface area contributed by atoms with E-state index in [9.17, 15) is 53.9 Å². The van der Waals surface area contributed by atoms with Crippen LogP contribution in [0.25, 0.3) is 33.4 Å². The molecule has 0 aliphatic carbocycles.